The third kappa shape index (κ3) is 2.29. The molecular weight excluding hydrogens is 247 g/mol. The first kappa shape index (κ1) is 12.0. The molecule has 7 heteroatoms. The summed E-state index contributed by atoms with van der Waals surface area (Å²) in [7, 11) is -3.93. The Labute approximate surface area is 98.3 Å². The molecule has 0 saturated carbocycles. The summed E-state index contributed by atoms with van der Waals surface area (Å²) in [5.74, 6) is -1.19. The first-order valence-corrected chi connectivity index (χ1v) is 6.47. The fraction of sp³-hybridized carbons (Fsp3) is 0.300. The third-order valence-corrected chi connectivity index (χ3v) is 4.34. The van der Waals surface area contributed by atoms with Crippen LogP contribution in [-0.4, -0.2) is 38.3 Å². The molecule has 2 rings (SSSR count). The first-order chi connectivity index (χ1) is 8.01. The van der Waals surface area contributed by atoms with E-state index in [1.165, 1.54) is 18.2 Å². The van der Waals surface area contributed by atoms with E-state index in [4.69, 9.17) is 0 Å². The maximum Gasteiger partial charge on any atom is 0.246 e. The van der Waals surface area contributed by atoms with Gasteiger partial charge in [-0.15, -0.1) is 0 Å². The Bertz CT molecular complexity index is 544. The van der Waals surface area contributed by atoms with Crippen LogP contribution in [0.2, 0.25) is 0 Å². The lowest BCUT2D eigenvalue weighted by Gasteiger charge is -2.25. The standard InChI is InChI=1S/C10H11FN2O3S/c11-8-3-1-2-4-9(8)17(15,16)13-6-5-12-10(14)7-13/h1-4H,5-7H2,(H,12,14). The number of rotatable bonds is 2. The number of hydrogen-bond acceptors (Lipinski definition) is 3. The van der Waals surface area contributed by atoms with Gasteiger partial charge >= 0.3 is 0 Å². The summed E-state index contributed by atoms with van der Waals surface area (Å²) in [6.07, 6.45) is 0. The number of carbonyl (C=O) groups is 1. The van der Waals surface area contributed by atoms with Crippen molar-refractivity contribution >= 4 is 15.9 Å². The van der Waals surface area contributed by atoms with E-state index in [2.05, 4.69) is 5.32 Å². The third-order valence-electron chi connectivity index (χ3n) is 2.46. The minimum atomic E-state index is -3.93. The second kappa shape index (κ2) is 4.42. The Morgan fingerprint density at radius 2 is 2.00 bits per heavy atom. The van der Waals surface area contributed by atoms with Gasteiger partial charge in [-0.05, 0) is 12.1 Å². The zero-order valence-corrected chi connectivity index (χ0v) is 9.71. The summed E-state index contributed by atoms with van der Waals surface area (Å²) < 4.78 is 38.5. The molecule has 92 valence electrons. The maximum atomic E-state index is 13.4. The molecule has 0 aliphatic carbocycles. The van der Waals surface area contributed by atoms with E-state index in [1.54, 1.807) is 0 Å². The molecule has 5 nitrogen and oxygen atoms in total. The summed E-state index contributed by atoms with van der Waals surface area (Å²) in [5, 5.41) is 2.51. The van der Waals surface area contributed by atoms with Crippen molar-refractivity contribution in [3.8, 4) is 0 Å². The summed E-state index contributed by atoms with van der Waals surface area (Å²) in [5.41, 5.74) is 0. The molecule has 1 aromatic carbocycles. The van der Waals surface area contributed by atoms with Gasteiger partial charge in [0, 0.05) is 13.1 Å². The predicted molar refractivity (Wildman–Crippen MR) is 58.2 cm³/mol. The van der Waals surface area contributed by atoms with Gasteiger partial charge in [0.1, 0.15) is 10.7 Å². The molecule has 0 aromatic heterocycles. The van der Waals surface area contributed by atoms with Crippen molar-refractivity contribution < 1.29 is 17.6 Å². The SMILES string of the molecule is O=C1CN(S(=O)(=O)c2ccccc2F)CCN1. The topological polar surface area (TPSA) is 66.5 Å². The molecule has 1 amide bonds. The molecular formula is C10H11FN2O3S. The number of benzene rings is 1. The van der Waals surface area contributed by atoms with Gasteiger partial charge in [-0.1, -0.05) is 12.1 Å². The highest BCUT2D eigenvalue weighted by Crippen LogP contribution is 2.19. The Balaban J connectivity index is 2.36. The van der Waals surface area contributed by atoms with E-state index in [9.17, 15) is 17.6 Å². The Kier molecular flexibility index (Phi) is 3.12. The number of nitrogens with zero attached hydrogens (tertiary/aromatic N) is 1. The van der Waals surface area contributed by atoms with Crippen molar-refractivity contribution in [1.29, 1.82) is 0 Å². The number of halogens is 1. The smallest absolute Gasteiger partial charge is 0.246 e. The van der Waals surface area contributed by atoms with Gasteiger partial charge in [0.2, 0.25) is 15.9 Å². The molecule has 1 heterocycles. The van der Waals surface area contributed by atoms with Crippen LogP contribution >= 0.6 is 0 Å². The highest BCUT2D eigenvalue weighted by atomic mass is 32.2. The molecule has 17 heavy (non-hydrogen) atoms. The molecule has 0 atom stereocenters. The van der Waals surface area contributed by atoms with Crippen LogP contribution in [0.15, 0.2) is 29.2 Å². The summed E-state index contributed by atoms with van der Waals surface area (Å²) >= 11 is 0. The quantitative estimate of drug-likeness (QED) is 0.808. The second-order valence-corrected chi connectivity index (χ2v) is 5.53. The zero-order valence-electron chi connectivity index (χ0n) is 8.89. The second-order valence-electron chi connectivity index (χ2n) is 3.62. The van der Waals surface area contributed by atoms with E-state index < -0.39 is 20.7 Å². The minimum absolute atomic E-state index is 0.155. The van der Waals surface area contributed by atoms with Crippen molar-refractivity contribution in [3.63, 3.8) is 0 Å². The van der Waals surface area contributed by atoms with Crippen molar-refractivity contribution in [3.05, 3.63) is 30.1 Å². The van der Waals surface area contributed by atoms with Crippen LogP contribution in [0.25, 0.3) is 0 Å². The molecule has 0 bridgehead atoms. The number of amides is 1. The van der Waals surface area contributed by atoms with Crippen molar-refractivity contribution in [1.82, 2.24) is 9.62 Å². The zero-order chi connectivity index (χ0) is 12.5. The summed E-state index contributed by atoms with van der Waals surface area (Å²) in [6, 6.07) is 5.13. The molecule has 0 unspecified atom stereocenters. The van der Waals surface area contributed by atoms with Crippen LogP contribution in [0.4, 0.5) is 4.39 Å². The molecule has 1 N–H and O–H groups in total. The van der Waals surface area contributed by atoms with Crippen molar-refractivity contribution in [2.45, 2.75) is 4.90 Å². The van der Waals surface area contributed by atoms with Crippen molar-refractivity contribution in [2.75, 3.05) is 19.6 Å². The average molecular weight is 258 g/mol. The largest absolute Gasteiger partial charge is 0.354 e. The van der Waals surface area contributed by atoms with Crippen LogP contribution in [0.5, 0.6) is 0 Å². The first-order valence-electron chi connectivity index (χ1n) is 5.03. The molecule has 1 aliphatic rings. The number of hydrogen-bond donors (Lipinski definition) is 1. The van der Waals surface area contributed by atoms with Gasteiger partial charge in [0.05, 0.1) is 6.54 Å². The van der Waals surface area contributed by atoms with Crippen LogP contribution in [-0.2, 0) is 14.8 Å². The van der Waals surface area contributed by atoms with Crippen LogP contribution in [0.1, 0.15) is 0 Å². The normalized spacial score (nSPS) is 17.8. The Morgan fingerprint density at radius 3 is 2.65 bits per heavy atom. The summed E-state index contributed by atoms with van der Waals surface area (Å²) in [6.45, 7) is 0.131. The molecule has 1 aromatic rings. The maximum absolute atomic E-state index is 13.4. The van der Waals surface area contributed by atoms with Crippen molar-refractivity contribution in [2.24, 2.45) is 0 Å². The number of carbonyl (C=O) groups excluding carboxylic acids is 1. The number of sulfonamides is 1. The van der Waals surface area contributed by atoms with Crippen LogP contribution < -0.4 is 5.32 Å². The average Bonchev–Trinajstić information content (AvgIpc) is 2.29. The van der Waals surface area contributed by atoms with Gasteiger partial charge in [0.15, 0.2) is 0 Å². The summed E-state index contributed by atoms with van der Waals surface area (Å²) in [4.78, 5) is 10.7. The predicted octanol–water partition coefficient (Wildman–Crippen LogP) is -0.0538. The van der Waals surface area contributed by atoms with E-state index in [1.807, 2.05) is 0 Å². The fourth-order valence-corrected chi connectivity index (χ4v) is 3.08. The van der Waals surface area contributed by atoms with Gasteiger partial charge in [-0.25, -0.2) is 12.8 Å². The van der Waals surface area contributed by atoms with Crippen LogP contribution in [0, 0.1) is 5.82 Å². The van der Waals surface area contributed by atoms with Gasteiger partial charge in [-0.2, -0.15) is 4.31 Å². The van der Waals surface area contributed by atoms with E-state index in [-0.39, 0.29) is 25.5 Å². The Hall–Kier alpha value is -1.47. The highest BCUT2D eigenvalue weighted by Gasteiger charge is 2.30. The molecule has 0 spiro atoms. The van der Waals surface area contributed by atoms with E-state index in [0.717, 1.165) is 10.4 Å². The van der Waals surface area contributed by atoms with Crippen LogP contribution in [0.3, 0.4) is 0 Å². The molecule has 1 saturated heterocycles. The molecule has 0 radical (unpaired) electrons. The lowest BCUT2D eigenvalue weighted by atomic mass is 10.3. The lowest BCUT2D eigenvalue weighted by molar-refractivity contribution is -0.122. The highest BCUT2D eigenvalue weighted by molar-refractivity contribution is 7.89. The number of piperazine rings is 1. The van der Waals surface area contributed by atoms with Gasteiger partial charge in [-0.3, -0.25) is 4.79 Å². The fourth-order valence-electron chi connectivity index (χ4n) is 1.61. The monoisotopic (exact) mass is 258 g/mol. The van der Waals surface area contributed by atoms with Gasteiger partial charge in [0.25, 0.3) is 0 Å². The number of nitrogens with one attached hydrogen (secondary N) is 1. The van der Waals surface area contributed by atoms with Gasteiger partial charge < -0.3 is 5.32 Å². The molecule has 1 fully saturated rings. The molecule has 1 aliphatic heterocycles. The van der Waals surface area contributed by atoms with E-state index in [0.29, 0.717) is 0 Å². The minimum Gasteiger partial charge on any atom is -0.354 e. The lowest BCUT2D eigenvalue weighted by Crippen LogP contribution is -2.49. The Morgan fingerprint density at radius 1 is 1.29 bits per heavy atom. The van der Waals surface area contributed by atoms with E-state index >= 15 is 0 Å².